The molecule has 2 aromatic carbocycles. The Balaban J connectivity index is 2.37. The number of halogens is 1. The minimum Gasteiger partial charge on any atom is -0.465 e. The summed E-state index contributed by atoms with van der Waals surface area (Å²) in [5.74, 6) is -0.842. The van der Waals surface area contributed by atoms with Crippen LogP contribution < -0.4 is 10.5 Å². The van der Waals surface area contributed by atoms with Crippen LogP contribution >= 0.6 is 0 Å². The number of esters is 1. The van der Waals surface area contributed by atoms with Crippen molar-refractivity contribution in [3.8, 4) is 11.5 Å². The molecule has 5 heteroatoms. The van der Waals surface area contributed by atoms with Gasteiger partial charge < -0.3 is 15.2 Å². The Labute approximate surface area is 109 Å². The number of nitrogen functional groups attached to an aromatic ring is 1. The van der Waals surface area contributed by atoms with Crippen LogP contribution in [0, 0.1) is 5.82 Å². The van der Waals surface area contributed by atoms with Crippen LogP contribution in [-0.2, 0) is 4.74 Å². The molecule has 2 aromatic rings. The van der Waals surface area contributed by atoms with Crippen LogP contribution in [0.2, 0.25) is 0 Å². The minimum absolute atomic E-state index is 0.0382. The van der Waals surface area contributed by atoms with E-state index >= 15 is 0 Å². The molecule has 0 aliphatic rings. The predicted molar refractivity (Wildman–Crippen MR) is 68.7 cm³/mol. The fourth-order valence-corrected chi connectivity index (χ4v) is 1.57. The highest BCUT2D eigenvalue weighted by molar-refractivity contribution is 5.96. The van der Waals surface area contributed by atoms with Gasteiger partial charge in [-0.1, -0.05) is 18.2 Å². The van der Waals surface area contributed by atoms with E-state index in [0.29, 0.717) is 0 Å². The predicted octanol–water partition coefficient (Wildman–Crippen LogP) is 2.99. The van der Waals surface area contributed by atoms with Gasteiger partial charge in [-0.25, -0.2) is 9.18 Å². The van der Waals surface area contributed by atoms with Gasteiger partial charge in [0, 0.05) is 0 Å². The molecule has 98 valence electrons. The van der Waals surface area contributed by atoms with Crippen molar-refractivity contribution in [1.82, 2.24) is 0 Å². The molecule has 0 aromatic heterocycles. The van der Waals surface area contributed by atoms with Crippen molar-refractivity contribution in [2.24, 2.45) is 0 Å². The zero-order valence-electron chi connectivity index (χ0n) is 10.2. The summed E-state index contributed by atoms with van der Waals surface area (Å²) < 4.78 is 23.4. The lowest BCUT2D eigenvalue weighted by Gasteiger charge is -2.11. The molecule has 2 rings (SSSR count). The van der Waals surface area contributed by atoms with E-state index in [-0.39, 0.29) is 22.7 Å². The number of rotatable bonds is 3. The van der Waals surface area contributed by atoms with Crippen LogP contribution in [0.25, 0.3) is 0 Å². The minimum atomic E-state index is -0.573. The van der Waals surface area contributed by atoms with Gasteiger partial charge in [-0.05, 0) is 24.3 Å². The zero-order chi connectivity index (χ0) is 13.8. The first kappa shape index (κ1) is 12.9. The Morgan fingerprint density at radius 1 is 1.11 bits per heavy atom. The molecular weight excluding hydrogens is 249 g/mol. The van der Waals surface area contributed by atoms with Crippen LogP contribution in [0.4, 0.5) is 10.1 Å². The summed E-state index contributed by atoms with van der Waals surface area (Å²) in [5.41, 5.74) is 6.10. The van der Waals surface area contributed by atoms with Gasteiger partial charge in [0.15, 0.2) is 17.3 Å². The van der Waals surface area contributed by atoms with Gasteiger partial charge in [-0.15, -0.1) is 0 Å². The Morgan fingerprint density at radius 2 is 1.79 bits per heavy atom. The molecule has 0 saturated heterocycles. The number of nitrogens with two attached hydrogens (primary N) is 1. The van der Waals surface area contributed by atoms with E-state index in [1.807, 2.05) is 0 Å². The maximum absolute atomic E-state index is 13.5. The first-order valence-electron chi connectivity index (χ1n) is 5.52. The summed E-state index contributed by atoms with van der Waals surface area (Å²) in [7, 11) is 1.26. The molecule has 0 amide bonds. The smallest absolute Gasteiger partial charge is 0.340 e. The van der Waals surface area contributed by atoms with E-state index < -0.39 is 11.8 Å². The largest absolute Gasteiger partial charge is 0.465 e. The molecule has 0 unspecified atom stereocenters. The van der Waals surface area contributed by atoms with Gasteiger partial charge in [0.2, 0.25) is 0 Å². The fourth-order valence-electron chi connectivity index (χ4n) is 1.57. The van der Waals surface area contributed by atoms with E-state index in [4.69, 9.17) is 10.5 Å². The summed E-state index contributed by atoms with van der Waals surface area (Å²) in [5, 5.41) is 0. The maximum Gasteiger partial charge on any atom is 0.340 e. The molecule has 0 heterocycles. The number of benzene rings is 2. The number of para-hydroxylation sites is 2. The lowest BCUT2D eigenvalue weighted by atomic mass is 10.1. The highest BCUT2D eigenvalue weighted by Crippen LogP contribution is 2.31. The molecule has 0 radical (unpaired) electrons. The summed E-state index contributed by atoms with van der Waals surface area (Å²) in [4.78, 5) is 11.5. The number of methoxy groups -OCH3 is 1. The SMILES string of the molecule is COC(=O)c1cccc(Oc2ccccc2F)c1N. The van der Waals surface area contributed by atoms with Gasteiger partial charge in [0.25, 0.3) is 0 Å². The molecular formula is C14H12FNO3. The Bertz CT molecular complexity index is 613. The van der Waals surface area contributed by atoms with Crippen LogP contribution in [0.15, 0.2) is 42.5 Å². The van der Waals surface area contributed by atoms with Crippen molar-refractivity contribution < 1.29 is 18.7 Å². The Hall–Kier alpha value is -2.56. The normalized spacial score (nSPS) is 10.0. The first-order valence-corrected chi connectivity index (χ1v) is 5.52. The lowest BCUT2D eigenvalue weighted by molar-refractivity contribution is 0.0601. The number of carbonyl (C=O) groups is 1. The van der Waals surface area contributed by atoms with Crippen molar-refractivity contribution in [3.05, 3.63) is 53.8 Å². The molecule has 0 spiro atoms. The summed E-state index contributed by atoms with van der Waals surface area (Å²) >= 11 is 0. The Kier molecular flexibility index (Phi) is 3.66. The van der Waals surface area contributed by atoms with Crippen molar-refractivity contribution >= 4 is 11.7 Å². The van der Waals surface area contributed by atoms with Gasteiger partial charge in [-0.2, -0.15) is 0 Å². The number of hydrogen-bond donors (Lipinski definition) is 1. The second kappa shape index (κ2) is 5.39. The van der Waals surface area contributed by atoms with E-state index in [1.54, 1.807) is 24.3 Å². The third-order valence-electron chi connectivity index (χ3n) is 2.53. The molecule has 19 heavy (non-hydrogen) atoms. The number of hydrogen-bond acceptors (Lipinski definition) is 4. The molecule has 0 atom stereocenters. The molecule has 0 aliphatic carbocycles. The van der Waals surface area contributed by atoms with Crippen molar-refractivity contribution in [3.63, 3.8) is 0 Å². The number of carbonyl (C=O) groups excluding carboxylic acids is 1. The number of ether oxygens (including phenoxy) is 2. The lowest BCUT2D eigenvalue weighted by Crippen LogP contribution is -2.06. The topological polar surface area (TPSA) is 61.5 Å². The summed E-state index contributed by atoms with van der Waals surface area (Å²) in [6, 6.07) is 10.6. The van der Waals surface area contributed by atoms with Gasteiger partial charge in [-0.3, -0.25) is 0 Å². The highest BCUT2D eigenvalue weighted by atomic mass is 19.1. The Morgan fingerprint density at radius 3 is 2.47 bits per heavy atom. The average molecular weight is 261 g/mol. The molecule has 0 bridgehead atoms. The van der Waals surface area contributed by atoms with Crippen LogP contribution in [-0.4, -0.2) is 13.1 Å². The summed E-state index contributed by atoms with van der Waals surface area (Å²) in [6.07, 6.45) is 0. The zero-order valence-corrected chi connectivity index (χ0v) is 10.2. The van der Waals surface area contributed by atoms with Crippen molar-refractivity contribution in [2.45, 2.75) is 0 Å². The van der Waals surface area contributed by atoms with Gasteiger partial charge in [0.1, 0.15) is 0 Å². The first-order chi connectivity index (χ1) is 9.13. The van der Waals surface area contributed by atoms with Crippen LogP contribution in [0.5, 0.6) is 11.5 Å². The second-order valence-electron chi connectivity index (χ2n) is 3.74. The quantitative estimate of drug-likeness (QED) is 0.681. The third-order valence-corrected chi connectivity index (χ3v) is 2.53. The molecule has 2 N–H and O–H groups in total. The monoisotopic (exact) mass is 261 g/mol. The summed E-state index contributed by atoms with van der Waals surface area (Å²) in [6.45, 7) is 0. The van der Waals surface area contributed by atoms with Crippen LogP contribution in [0.1, 0.15) is 10.4 Å². The van der Waals surface area contributed by atoms with Crippen LogP contribution in [0.3, 0.4) is 0 Å². The van der Waals surface area contributed by atoms with Crippen molar-refractivity contribution in [2.75, 3.05) is 12.8 Å². The number of anilines is 1. The fraction of sp³-hybridized carbons (Fsp3) is 0.0714. The van der Waals surface area contributed by atoms with E-state index in [2.05, 4.69) is 4.74 Å². The van der Waals surface area contributed by atoms with E-state index in [0.717, 1.165) is 0 Å². The highest BCUT2D eigenvalue weighted by Gasteiger charge is 2.14. The molecule has 0 fully saturated rings. The van der Waals surface area contributed by atoms with Crippen molar-refractivity contribution in [1.29, 1.82) is 0 Å². The van der Waals surface area contributed by atoms with E-state index in [1.165, 1.54) is 25.3 Å². The van der Waals surface area contributed by atoms with E-state index in [9.17, 15) is 9.18 Å². The van der Waals surface area contributed by atoms with Gasteiger partial charge in [0.05, 0.1) is 18.4 Å². The maximum atomic E-state index is 13.5. The third kappa shape index (κ3) is 2.65. The molecule has 0 saturated carbocycles. The average Bonchev–Trinajstić information content (AvgIpc) is 2.42. The molecule has 4 nitrogen and oxygen atoms in total. The second-order valence-corrected chi connectivity index (χ2v) is 3.74. The molecule has 0 aliphatic heterocycles. The van der Waals surface area contributed by atoms with Gasteiger partial charge >= 0.3 is 5.97 Å². The standard InChI is InChI=1S/C14H12FNO3/c1-18-14(17)9-5-4-8-12(13(9)16)19-11-7-3-2-6-10(11)15/h2-8H,16H2,1H3.